The fraction of sp³-hybridized carbons (Fsp3) is 0.261. The van der Waals surface area contributed by atoms with Crippen molar-refractivity contribution in [2.24, 2.45) is 0 Å². The minimum Gasteiger partial charge on any atom is -0.322 e. The smallest absolute Gasteiger partial charge is 0.256 e. The summed E-state index contributed by atoms with van der Waals surface area (Å²) < 4.78 is 13.6. The van der Waals surface area contributed by atoms with E-state index in [0.29, 0.717) is 23.8 Å². The van der Waals surface area contributed by atoms with Gasteiger partial charge in [-0.1, -0.05) is 18.2 Å². The van der Waals surface area contributed by atoms with Crippen molar-refractivity contribution >= 4 is 22.5 Å². The van der Waals surface area contributed by atoms with Gasteiger partial charge in [-0.05, 0) is 38.1 Å². The maximum absolute atomic E-state index is 13.6. The summed E-state index contributed by atoms with van der Waals surface area (Å²) in [6, 6.07) is 13.8. The van der Waals surface area contributed by atoms with E-state index >= 15 is 0 Å². The second kappa shape index (κ2) is 7.61. The monoisotopic (exact) mass is 388 g/mol. The summed E-state index contributed by atoms with van der Waals surface area (Å²) >= 11 is 0. The lowest BCUT2D eigenvalue weighted by Gasteiger charge is -2.32. The van der Waals surface area contributed by atoms with Gasteiger partial charge in [-0.2, -0.15) is 5.26 Å². The largest absolute Gasteiger partial charge is 0.322 e. The van der Waals surface area contributed by atoms with Crippen LogP contribution in [0, 0.1) is 17.1 Å². The minimum atomic E-state index is -0.607. The zero-order valence-electron chi connectivity index (χ0n) is 16.4. The van der Waals surface area contributed by atoms with Crippen LogP contribution >= 0.6 is 0 Å². The van der Waals surface area contributed by atoms with Crippen molar-refractivity contribution in [2.75, 3.05) is 11.9 Å². The molecule has 0 bridgehead atoms. The number of rotatable bonds is 3. The van der Waals surface area contributed by atoms with Gasteiger partial charge in [0.1, 0.15) is 11.9 Å². The lowest BCUT2D eigenvalue weighted by Crippen LogP contribution is -2.37. The summed E-state index contributed by atoms with van der Waals surface area (Å²) in [4.78, 5) is 20.4. The fourth-order valence-electron chi connectivity index (χ4n) is 3.79. The molecule has 1 amide bonds. The molecule has 0 spiro atoms. The lowest BCUT2D eigenvalue weighted by atomic mass is 9.94. The van der Waals surface area contributed by atoms with E-state index in [2.05, 4.69) is 24.1 Å². The number of hydrogen-bond acceptors (Lipinski definition) is 4. The Morgan fingerprint density at radius 1 is 1.28 bits per heavy atom. The Hall–Kier alpha value is -3.30. The van der Waals surface area contributed by atoms with Crippen LogP contribution in [0.4, 0.5) is 10.1 Å². The normalized spacial score (nSPS) is 13.9. The van der Waals surface area contributed by atoms with Crippen molar-refractivity contribution in [3.05, 3.63) is 70.7 Å². The summed E-state index contributed by atoms with van der Waals surface area (Å²) in [6.07, 6.45) is 0.785. The Morgan fingerprint density at radius 2 is 2.07 bits per heavy atom. The van der Waals surface area contributed by atoms with Crippen LogP contribution in [0.2, 0.25) is 0 Å². The maximum Gasteiger partial charge on any atom is 0.256 e. The first kappa shape index (κ1) is 19.0. The molecule has 0 fully saturated rings. The van der Waals surface area contributed by atoms with Crippen LogP contribution in [0.5, 0.6) is 0 Å². The molecule has 0 saturated heterocycles. The van der Waals surface area contributed by atoms with Crippen molar-refractivity contribution in [3.63, 3.8) is 0 Å². The molecule has 0 radical (unpaired) electrons. The maximum atomic E-state index is 13.6. The zero-order valence-corrected chi connectivity index (χ0v) is 16.4. The number of nitrogens with zero attached hydrogens (tertiary/aromatic N) is 3. The highest BCUT2D eigenvalue weighted by Crippen LogP contribution is 2.29. The third-order valence-corrected chi connectivity index (χ3v) is 5.38. The number of hydrogen-bond donors (Lipinski definition) is 1. The van der Waals surface area contributed by atoms with Crippen molar-refractivity contribution in [2.45, 2.75) is 32.9 Å². The summed E-state index contributed by atoms with van der Waals surface area (Å²) in [5.74, 6) is -0.884. The summed E-state index contributed by atoms with van der Waals surface area (Å²) in [6.45, 7) is 5.84. The molecule has 3 aromatic rings. The second-order valence-electron chi connectivity index (χ2n) is 7.50. The van der Waals surface area contributed by atoms with Gasteiger partial charge in [0, 0.05) is 47.9 Å². The highest BCUT2D eigenvalue weighted by molar-refractivity contribution is 6.13. The summed E-state index contributed by atoms with van der Waals surface area (Å²) in [7, 11) is 0. The van der Waals surface area contributed by atoms with Gasteiger partial charge in [0.25, 0.3) is 5.91 Å². The van der Waals surface area contributed by atoms with Crippen molar-refractivity contribution in [1.29, 1.82) is 5.26 Å². The van der Waals surface area contributed by atoms with Gasteiger partial charge in [-0.15, -0.1) is 0 Å². The number of benzene rings is 2. The van der Waals surface area contributed by atoms with E-state index in [1.54, 1.807) is 6.07 Å². The summed E-state index contributed by atoms with van der Waals surface area (Å²) in [5.41, 5.74) is 3.55. The molecule has 1 N–H and O–H groups in total. The average Bonchev–Trinajstić information content (AvgIpc) is 2.72. The first-order valence-corrected chi connectivity index (χ1v) is 9.63. The van der Waals surface area contributed by atoms with E-state index in [1.807, 2.05) is 24.3 Å². The molecule has 0 saturated carbocycles. The van der Waals surface area contributed by atoms with Crippen molar-refractivity contribution in [3.8, 4) is 6.07 Å². The number of nitriles is 1. The molecule has 1 aromatic heterocycles. The number of anilines is 1. The Bertz CT molecular complexity index is 1150. The molecule has 6 heteroatoms. The molecule has 2 heterocycles. The Balaban J connectivity index is 1.80. The molecule has 29 heavy (non-hydrogen) atoms. The van der Waals surface area contributed by atoms with Gasteiger partial charge in [0.15, 0.2) is 0 Å². The quantitative estimate of drug-likeness (QED) is 0.728. The van der Waals surface area contributed by atoms with Gasteiger partial charge in [-0.25, -0.2) is 4.39 Å². The number of halogens is 1. The summed E-state index contributed by atoms with van der Waals surface area (Å²) in [5, 5.41) is 12.7. The van der Waals surface area contributed by atoms with Crippen LogP contribution in [0.25, 0.3) is 10.9 Å². The number of carbonyl (C=O) groups is 1. The second-order valence-corrected chi connectivity index (χ2v) is 7.50. The van der Waals surface area contributed by atoms with Gasteiger partial charge in [0.2, 0.25) is 0 Å². The molecule has 0 atom stereocenters. The van der Waals surface area contributed by atoms with E-state index in [9.17, 15) is 9.18 Å². The number of para-hydroxylation sites is 1. The number of amides is 1. The third kappa shape index (κ3) is 3.57. The van der Waals surface area contributed by atoms with Crippen LogP contribution in [-0.4, -0.2) is 28.4 Å². The molecule has 0 aliphatic carbocycles. The fourth-order valence-corrected chi connectivity index (χ4v) is 3.79. The number of fused-ring (bicyclic) bond motifs is 2. The molecule has 4 rings (SSSR count). The molecule has 146 valence electrons. The lowest BCUT2D eigenvalue weighted by molar-refractivity contribution is 0.102. The third-order valence-electron chi connectivity index (χ3n) is 5.38. The minimum absolute atomic E-state index is 0.101. The molecule has 1 aliphatic rings. The van der Waals surface area contributed by atoms with Gasteiger partial charge in [-0.3, -0.25) is 14.7 Å². The molecule has 0 unspecified atom stereocenters. The topological polar surface area (TPSA) is 69.0 Å². The van der Waals surface area contributed by atoms with E-state index < -0.39 is 5.82 Å². The highest BCUT2D eigenvalue weighted by atomic mass is 19.1. The molecular weight excluding hydrogens is 367 g/mol. The van der Waals surface area contributed by atoms with E-state index in [0.717, 1.165) is 35.1 Å². The van der Waals surface area contributed by atoms with Crippen molar-refractivity contribution < 1.29 is 9.18 Å². The Kier molecular flexibility index (Phi) is 4.99. The first-order chi connectivity index (χ1) is 14.0. The van der Waals surface area contributed by atoms with E-state index in [-0.39, 0.29) is 11.5 Å². The Morgan fingerprint density at radius 3 is 2.83 bits per heavy atom. The van der Waals surface area contributed by atoms with Crippen LogP contribution < -0.4 is 5.32 Å². The van der Waals surface area contributed by atoms with Crippen molar-refractivity contribution in [1.82, 2.24) is 9.88 Å². The van der Waals surface area contributed by atoms with E-state index in [4.69, 9.17) is 10.2 Å². The number of carbonyl (C=O) groups excluding carboxylic acids is 1. The number of pyridine rings is 1. The highest BCUT2D eigenvalue weighted by Gasteiger charge is 2.27. The first-order valence-electron chi connectivity index (χ1n) is 9.63. The Labute approximate surface area is 168 Å². The SMILES string of the molecule is CC(C)N1CCc2nc3ccccc3c(C(=O)Nc3ccc(F)c(C#N)c3)c2C1. The van der Waals surface area contributed by atoms with Crippen LogP contribution in [0.15, 0.2) is 42.5 Å². The number of nitrogens with one attached hydrogen (secondary N) is 1. The van der Waals surface area contributed by atoms with Crippen LogP contribution in [0.1, 0.15) is 41.0 Å². The van der Waals surface area contributed by atoms with Crippen LogP contribution in [0.3, 0.4) is 0 Å². The van der Waals surface area contributed by atoms with E-state index in [1.165, 1.54) is 18.2 Å². The molecule has 2 aromatic carbocycles. The zero-order chi connectivity index (χ0) is 20.5. The molecule has 5 nitrogen and oxygen atoms in total. The van der Waals surface area contributed by atoms with Crippen LogP contribution in [-0.2, 0) is 13.0 Å². The average molecular weight is 388 g/mol. The number of aromatic nitrogens is 1. The molecule has 1 aliphatic heterocycles. The van der Waals surface area contributed by atoms with Gasteiger partial charge in [0.05, 0.1) is 16.6 Å². The predicted molar refractivity (Wildman–Crippen MR) is 110 cm³/mol. The van der Waals surface area contributed by atoms with Gasteiger partial charge < -0.3 is 5.32 Å². The predicted octanol–water partition coefficient (Wildman–Crippen LogP) is 4.26. The van der Waals surface area contributed by atoms with Gasteiger partial charge >= 0.3 is 0 Å². The molecular formula is C23H21FN4O. The standard InChI is InChI=1S/C23H21FN4O/c1-14(2)28-10-9-21-18(13-28)22(17-5-3-4-6-20(17)27-21)23(29)26-16-7-8-19(24)15(11-16)12-25/h3-8,11,14H,9-10,13H2,1-2H3,(H,26,29).